The largest absolute Gasteiger partial charge is 0.411 e. The van der Waals surface area contributed by atoms with Gasteiger partial charge in [-0.3, -0.25) is 0 Å². The Bertz CT molecular complexity index is 104. The van der Waals surface area contributed by atoms with Gasteiger partial charge >= 0.3 is 8.56 Å². The molecule has 1 heterocycles. The van der Waals surface area contributed by atoms with Crippen LogP contribution in [0.4, 0.5) is 0 Å². The molecule has 0 amide bonds. The minimum Gasteiger partial charge on any atom is -0.411 e. The first-order chi connectivity index (χ1) is 4.10. The van der Waals surface area contributed by atoms with E-state index in [1.165, 1.54) is 0 Å². The average molecular weight is 148 g/mol. The van der Waals surface area contributed by atoms with Gasteiger partial charge in [-0.15, -0.1) is 0 Å². The molecule has 0 aromatic carbocycles. The van der Waals surface area contributed by atoms with Gasteiger partial charge in [-0.05, 0) is 25.4 Å². The molecule has 0 spiro atoms. The molecule has 2 unspecified atom stereocenters. The molecule has 0 aromatic rings. The second-order valence-electron chi connectivity index (χ2n) is 2.64. The van der Waals surface area contributed by atoms with E-state index >= 15 is 0 Å². The molecule has 2 N–H and O–H groups in total. The predicted molar refractivity (Wildman–Crippen MR) is 35.0 cm³/mol. The normalized spacial score (nSPS) is 45.0. The maximum atomic E-state index is 9.30. The van der Waals surface area contributed by atoms with Gasteiger partial charge in [0.15, 0.2) is 0 Å². The minimum absolute atomic E-state index is 0.670. The number of hydrogen-bond donors (Lipinski definition) is 2. The van der Waals surface area contributed by atoms with Gasteiger partial charge in [-0.2, -0.15) is 0 Å². The Labute approximate surface area is 55.5 Å². The van der Waals surface area contributed by atoms with Crippen LogP contribution in [0.3, 0.4) is 0 Å². The molecule has 0 radical (unpaired) electrons. The summed E-state index contributed by atoms with van der Waals surface area (Å²) in [7, 11) is -2.40. The lowest BCUT2D eigenvalue weighted by molar-refractivity contribution is -0.0559. The Morgan fingerprint density at radius 2 is 2.33 bits per heavy atom. The maximum absolute atomic E-state index is 9.30. The summed E-state index contributed by atoms with van der Waals surface area (Å²) in [4.78, 5) is 9.30. The van der Waals surface area contributed by atoms with Crippen molar-refractivity contribution in [1.82, 2.24) is 0 Å². The monoisotopic (exact) mass is 148 g/mol. The molecule has 2 atom stereocenters. The Hall–Kier alpha value is 0.0969. The highest BCUT2D eigenvalue weighted by Crippen LogP contribution is 2.21. The van der Waals surface area contributed by atoms with Crippen LogP contribution < -0.4 is 0 Å². The molecule has 1 aliphatic heterocycles. The van der Waals surface area contributed by atoms with Crippen molar-refractivity contribution in [3.8, 4) is 0 Å². The van der Waals surface area contributed by atoms with E-state index in [-0.39, 0.29) is 0 Å². The lowest BCUT2D eigenvalue weighted by Gasteiger charge is -2.28. The molecule has 0 saturated carbocycles. The number of rotatable bonds is 0. The van der Waals surface area contributed by atoms with Gasteiger partial charge in [-0.25, -0.2) is 0 Å². The van der Waals surface area contributed by atoms with Crippen molar-refractivity contribution < 1.29 is 14.3 Å². The molecule has 3 nitrogen and oxygen atoms in total. The van der Waals surface area contributed by atoms with Gasteiger partial charge in [0.05, 0.1) is 0 Å². The molecule has 1 aliphatic rings. The number of aliphatic hydroxyl groups is 1. The predicted octanol–water partition coefficient (Wildman–Crippen LogP) is 0.179. The number of hydrogen-bond acceptors (Lipinski definition) is 3. The van der Waals surface area contributed by atoms with E-state index in [1.807, 2.05) is 0 Å². The Morgan fingerprint density at radius 1 is 1.67 bits per heavy atom. The van der Waals surface area contributed by atoms with Gasteiger partial charge in [0.2, 0.25) is 0 Å². The van der Waals surface area contributed by atoms with Gasteiger partial charge in [0.25, 0.3) is 0 Å². The molecular weight excluding hydrogens is 136 g/mol. The highest BCUT2D eigenvalue weighted by molar-refractivity contribution is 6.64. The fourth-order valence-corrected chi connectivity index (χ4v) is 2.70. The molecule has 1 saturated heterocycles. The Kier molecular flexibility index (Phi) is 1.90. The second kappa shape index (κ2) is 2.38. The zero-order valence-electron chi connectivity index (χ0n) is 5.50. The van der Waals surface area contributed by atoms with Crippen molar-refractivity contribution >= 4 is 8.56 Å². The molecule has 0 bridgehead atoms. The Balaban J connectivity index is 2.41. The van der Waals surface area contributed by atoms with Gasteiger partial charge in [0, 0.05) is 0 Å². The van der Waals surface area contributed by atoms with Crippen molar-refractivity contribution in [2.24, 2.45) is 0 Å². The molecule has 1 fully saturated rings. The zero-order chi connectivity index (χ0) is 6.91. The molecule has 0 aliphatic carbocycles. The molecule has 0 aromatic heterocycles. The third-order valence-corrected chi connectivity index (χ3v) is 3.54. The van der Waals surface area contributed by atoms with E-state index in [0.717, 1.165) is 12.5 Å². The van der Waals surface area contributed by atoms with Crippen molar-refractivity contribution in [2.75, 3.05) is 0 Å². The highest BCUT2D eigenvalue weighted by Gasteiger charge is 2.33. The first kappa shape index (κ1) is 7.21. The first-order valence-corrected chi connectivity index (χ1v) is 5.75. The summed E-state index contributed by atoms with van der Waals surface area (Å²) in [5, 5.41) is 8.90. The van der Waals surface area contributed by atoms with E-state index in [1.54, 1.807) is 6.55 Å². The van der Waals surface area contributed by atoms with Crippen LogP contribution in [-0.4, -0.2) is 24.8 Å². The van der Waals surface area contributed by atoms with Crippen LogP contribution in [-0.2, 0) is 4.43 Å². The summed E-state index contributed by atoms with van der Waals surface area (Å²) < 4.78 is 4.92. The molecule has 9 heavy (non-hydrogen) atoms. The summed E-state index contributed by atoms with van der Waals surface area (Å²) in [5.74, 6) is 0. The molecular formula is C5H12O3Si. The van der Waals surface area contributed by atoms with Crippen LogP contribution in [0.15, 0.2) is 0 Å². The van der Waals surface area contributed by atoms with Crippen LogP contribution in [0.2, 0.25) is 12.6 Å². The summed E-state index contributed by atoms with van der Waals surface area (Å²) in [6.07, 6.45) is 0.851. The van der Waals surface area contributed by atoms with Crippen molar-refractivity contribution in [3.63, 3.8) is 0 Å². The third-order valence-electron chi connectivity index (χ3n) is 1.48. The van der Waals surface area contributed by atoms with Gasteiger partial charge in [-0.1, -0.05) is 0 Å². The summed E-state index contributed by atoms with van der Waals surface area (Å²) in [6.45, 7) is 1.70. The standard InChI is InChI=1S/C5H12O3Si/c1-9(7)4-2-3-5(6)8-9/h5-7H,2-4H2,1H3. The van der Waals surface area contributed by atoms with Crippen LogP contribution in [0, 0.1) is 0 Å². The fourth-order valence-electron chi connectivity index (χ4n) is 1.02. The Morgan fingerprint density at radius 3 is 2.67 bits per heavy atom. The quantitative estimate of drug-likeness (QED) is 0.482. The van der Waals surface area contributed by atoms with Crippen LogP contribution >= 0.6 is 0 Å². The second-order valence-corrected chi connectivity index (χ2v) is 5.73. The van der Waals surface area contributed by atoms with E-state index in [9.17, 15) is 4.80 Å². The summed E-state index contributed by atoms with van der Waals surface area (Å²) >= 11 is 0. The maximum Gasteiger partial charge on any atom is 0.334 e. The van der Waals surface area contributed by atoms with Gasteiger partial charge < -0.3 is 14.3 Å². The topological polar surface area (TPSA) is 49.7 Å². The van der Waals surface area contributed by atoms with E-state index < -0.39 is 14.9 Å². The average Bonchev–Trinajstić information content (AvgIpc) is 1.60. The lowest BCUT2D eigenvalue weighted by atomic mass is 10.3. The molecule has 1 rings (SSSR count). The van der Waals surface area contributed by atoms with Crippen molar-refractivity contribution in [1.29, 1.82) is 0 Å². The zero-order valence-corrected chi connectivity index (χ0v) is 6.50. The number of aliphatic hydroxyl groups excluding tert-OH is 1. The lowest BCUT2D eigenvalue weighted by Crippen LogP contribution is -2.42. The van der Waals surface area contributed by atoms with Crippen molar-refractivity contribution in [2.45, 2.75) is 31.7 Å². The minimum atomic E-state index is -2.40. The van der Waals surface area contributed by atoms with Crippen LogP contribution in [0.1, 0.15) is 12.8 Å². The molecule has 4 heteroatoms. The van der Waals surface area contributed by atoms with Crippen LogP contribution in [0.25, 0.3) is 0 Å². The highest BCUT2D eigenvalue weighted by atomic mass is 28.4. The summed E-state index contributed by atoms with van der Waals surface area (Å²) in [6, 6.07) is 0.754. The van der Waals surface area contributed by atoms with Crippen LogP contribution in [0.5, 0.6) is 0 Å². The van der Waals surface area contributed by atoms with Gasteiger partial charge in [0.1, 0.15) is 6.29 Å². The smallest absolute Gasteiger partial charge is 0.334 e. The van der Waals surface area contributed by atoms with E-state index in [4.69, 9.17) is 9.53 Å². The van der Waals surface area contributed by atoms with E-state index in [2.05, 4.69) is 0 Å². The SMILES string of the molecule is C[Si]1(O)CCCC(O)O1. The third kappa shape index (κ3) is 2.06. The molecule has 54 valence electrons. The first-order valence-electron chi connectivity index (χ1n) is 3.18. The van der Waals surface area contributed by atoms with Crippen molar-refractivity contribution in [3.05, 3.63) is 0 Å². The summed E-state index contributed by atoms with van der Waals surface area (Å²) in [5.41, 5.74) is 0. The fraction of sp³-hybridized carbons (Fsp3) is 1.00. The van der Waals surface area contributed by atoms with E-state index in [0.29, 0.717) is 6.42 Å².